The van der Waals surface area contributed by atoms with Gasteiger partial charge in [0.2, 0.25) is 10.0 Å². The molecular weight excluding hydrogens is 284 g/mol. The van der Waals surface area contributed by atoms with Crippen LogP contribution in [-0.2, 0) is 16.4 Å². The first-order valence-corrected chi connectivity index (χ1v) is 8.83. The molecule has 0 bridgehead atoms. The Labute approximate surface area is 128 Å². The van der Waals surface area contributed by atoms with E-state index in [1.54, 1.807) is 25.3 Å². The molecule has 21 heavy (non-hydrogen) atoms. The predicted molar refractivity (Wildman–Crippen MR) is 87.9 cm³/mol. The van der Waals surface area contributed by atoms with Crippen LogP contribution < -0.4 is 5.32 Å². The lowest BCUT2D eigenvalue weighted by Gasteiger charge is -2.15. The van der Waals surface area contributed by atoms with Gasteiger partial charge in [0, 0.05) is 13.6 Å². The van der Waals surface area contributed by atoms with Crippen LogP contribution in [-0.4, -0.2) is 39.4 Å². The number of rotatable bonds is 10. The van der Waals surface area contributed by atoms with E-state index in [-0.39, 0.29) is 0 Å². The molecule has 0 fully saturated rings. The van der Waals surface area contributed by atoms with Crippen LogP contribution in [0, 0.1) is 0 Å². The van der Waals surface area contributed by atoms with E-state index < -0.39 is 10.0 Å². The van der Waals surface area contributed by atoms with E-state index in [0.29, 0.717) is 11.4 Å². The third-order valence-electron chi connectivity index (χ3n) is 3.26. The third kappa shape index (κ3) is 5.61. The average Bonchev–Trinajstić information content (AvgIpc) is 2.48. The van der Waals surface area contributed by atoms with Crippen molar-refractivity contribution in [3.63, 3.8) is 0 Å². The highest BCUT2D eigenvalue weighted by atomic mass is 32.2. The van der Waals surface area contributed by atoms with Crippen LogP contribution in [0.5, 0.6) is 0 Å². The Morgan fingerprint density at radius 1 is 1.24 bits per heavy atom. The first kappa shape index (κ1) is 17.9. The number of nitrogens with one attached hydrogen (secondary N) is 1. The molecule has 0 saturated carbocycles. The van der Waals surface area contributed by atoms with Gasteiger partial charge in [-0.2, -0.15) is 4.31 Å². The maximum atomic E-state index is 12.2. The smallest absolute Gasteiger partial charge is 0.243 e. The second kappa shape index (κ2) is 8.97. The Bertz CT molecular complexity index is 524. The average molecular weight is 310 g/mol. The molecule has 0 aliphatic rings. The van der Waals surface area contributed by atoms with E-state index in [0.717, 1.165) is 32.4 Å². The molecule has 0 spiro atoms. The topological polar surface area (TPSA) is 49.4 Å². The molecule has 1 aromatic carbocycles. The lowest BCUT2D eigenvalue weighted by molar-refractivity contribution is 0.499. The van der Waals surface area contributed by atoms with Crippen LogP contribution in [0.3, 0.4) is 0 Å². The van der Waals surface area contributed by atoms with Gasteiger partial charge in [0.25, 0.3) is 0 Å². The van der Waals surface area contributed by atoms with Crippen LogP contribution in [0.2, 0.25) is 0 Å². The summed E-state index contributed by atoms with van der Waals surface area (Å²) in [5, 5.41) is 3.36. The summed E-state index contributed by atoms with van der Waals surface area (Å²) in [5.41, 5.74) is 1.17. The van der Waals surface area contributed by atoms with E-state index in [9.17, 15) is 8.42 Å². The van der Waals surface area contributed by atoms with Crippen LogP contribution in [0.4, 0.5) is 0 Å². The number of benzene rings is 1. The van der Waals surface area contributed by atoms with Gasteiger partial charge in [-0.15, -0.1) is 6.58 Å². The summed E-state index contributed by atoms with van der Waals surface area (Å²) in [6, 6.07) is 7.16. The fraction of sp³-hybridized carbons (Fsp3) is 0.500. The molecular formula is C16H26N2O2S. The molecule has 1 aromatic rings. The number of sulfonamides is 1. The van der Waals surface area contributed by atoms with E-state index in [4.69, 9.17) is 0 Å². The lowest BCUT2D eigenvalue weighted by atomic mass is 10.1. The molecule has 0 saturated heterocycles. The summed E-state index contributed by atoms with van der Waals surface area (Å²) in [6.07, 6.45) is 4.74. The Hall–Kier alpha value is -1.17. The van der Waals surface area contributed by atoms with Crippen LogP contribution in [0.25, 0.3) is 0 Å². The van der Waals surface area contributed by atoms with Gasteiger partial charge < -0.3 is 5.32 Å². The summed E-state index contributed by atoms with van der Waals surface area (Å²) >= 11 is 0. The van der Waals surface area contributed by atoms with Crippen molar-refractivity contribution in [1.82, 2.24) is 9.62 Å². The molecule has 0 unspecified atom stereocenters. The van der Waals surface area contributed by atoms with E-state index in [1.807, 2.05) is 12.1 Å². The van der Waals surface area contributed by atoms with Gasteiger partial charge in [-0.3, -0.25) is 0 Å². The molecule has 1 N–H and O–H groups in total. The van der Waals surface area contributed by atoms with E-state index >= 15 is 0 Å². The minimum atomic E-state index is -3.40. The minimum Gasteiger partial charge on any atom is -0.317 e. The standard InChI is InChI=1S/C16H26N2O2S/c1-4-12-17-13-6-7-15-8-10-16(11-9-15)21(19,20)18(3)14-5-2/h5,8-11,17H,2,4,6-7,12-14H2,1,3H3. The van der Waals surface area contributed by atoms with Gasteiger partial charge in [-0.05, 0) is 50.0 Å². The van der Waals surface area contributed by atoms with E-state index in [1.165, 1.54) is 9.87 Å². The van der Waals surface area contributed by atoms with Gasteiger partial charge in [0.15, 0.2) is 0 Å². The number of hydrogen-bond acceptors (Lipinski definition) is 3. The normalized spacial score (nSPS) is 11.8. The summed E-state index contributed by atoms with van der Waals surface area (Å²) < 4.78 is 25.8. The van der Waals surface area contributed by atoms with Gasteiger partial charge in [-0.1, -0.05) is 25.1 Å². The first-order valence-electron chi connectivity index (χ1n) is 7.39. The van der Waals surface area contributed by atoms with Crippen LogP contribution in [0.1, 0.15) is 25.3 Å². The van der Waals surface area contributed by atoms with Gasteiger partial charge >= 0.3 is 0 Å². The Morgan fingerprint density at radius 3 is 2.48 bits per heavy atom. The predicted octanol–water partition coefficient (Wildman–Crippen LogP) is 2.43. The second-order valence-electron chi connectivity index (χ2n) is 5.07. The first-order chi connectivity index (χ1) is 10.0. The van der Waals surface area contributed by atoms with Crippen molar-refractivity contribution in [3.8, 4) is 0 Å². The molecule has 0 amide bonds. The maximum absolute atomic E-state index is 12.2. The molecule has 4 nitrogen and oxygen atoms in total. The van der Waals surface area contributed by atoms with Crippen molar-refractivity contribution in [2.45, 2.75) is 31.1 Å². The molecule has 0 atom stereocenters. The van der Waals surface area contributed by atoms with Crippen LogP contribution in [0.15, 0.2) is 41.8 Å². The molecule has 0 aliphatic heterocycles. The fourth-order valence-corrected chi connectivity index (χ4v) is 3.15. The monoisotopic (exact) mass is 310 g/mol. The van der Waals surface area contributed by atoms with E-state index in [2.05, 4.69) is 18.8 Å². The third-order valence-corrected chi connectivity index (χ3v) is 5.10. The summed E-state index contributed by atoms with van der Waals surface area (Å²) in [6.45, 7) is 8.07. The van der Waals surface area contributed by atoms with Crippen molar-refractivity contribution in [1.29, 1.82) is 0 Å². The van der Waals surface area contributed by atoms with Crippen molar-refractivity contribution in [2.24, 2.45) is 0 Å². The number of nitrogens with zero attached hydrogens (tertiary/aromatic N) is 1. The number of aryl methyl sites for hydroxylation is 1. The molecule has 0 heterocycles. The zero-order valence-electron chi connectivity index (χ0n) is 13.0. The Morgan fingerprint density at radius 2 is 1.90 bits per heavy atom. The highest BCUT2D eigenvalue weighted by Gasteiger charge is 2.19. The Balaban J connectivity index is 2.59. The molecule has 0 aliphatic carbocycles. The van der Waals surface area contributed by atoms with Gasteiger partial charge in [0.1, 0.15) is 0 Å². The van der Waals surface area contributed by atoms with Gasteiger partial charge in [0.05, 0.1) is 4.90 Å². The molecule has 0 aromatic heterocycles. The molecule has 0 radical (unpaired) electrons. The highest BCUT2D eigenvalue weighted by Crippen LogP contribution is 2.15. The number of hydrogen-bond donors (Lipinski definition) is 1. The maximum Gasteiger partial charge on any atom is 0.243 e. The lowest BCUT2D eigenvalue weighted by Crippen LogP contribution is -2.26. The molecule has 5 heteroatoms. The Kier molecular flexibility index (Phi) is 7.64. The fourth-order valence-electron chi connectivity index (χ4n) is 2.01. The quantitative estimate of drug-likeness (QED) is 0.533. The summed E-state index contributed by atoms with van der Waals surface area (Å²) in [5.74, 6) is 0. The van der Waals surface area contributed by atoms with Gasteiger partial charge in [-0.25, -0.2) is 8.42 Å². The largest absolute Gasteiger partial charge is 0.317 e. The van der Waals surface area contributed by atoms with Crippen molar-refractivity contribution in [2.75, 3.05) is 26.7 Å². The summed E-state index contributed by atoms with van der Waals surface area (Å²) in [4.78, 5) is 0.333. The van der Waals surface area contributed by atoms with Crippen molar-refractivity contribution >= 4 is 10.0 Å². The zero-order chi connectivity index (χ0) is 15.7. The molecule has 1 rings (SSSR count). The summed E-state index contributed by atoms with van der Waals surface area (Å²) in [7, 11) is -1.84. The second-order valence-corrected chi connectivity index (χ2v) is 7.12. The highest BCUT2D eigenvalue weighted by molar-refractivity contribution is 7.89. The van der Waals surface area contributed by atoms with Crippen molar-refractivity contribution in [3.05, 3.63) is 42.5 Å². The minimum absolute atomic E-state index is 0.313. The molecule has 118 valence electrons. The zero-order valence-corrected chi connectivity index (χ0v) is 13.8. The van der Waals surface area contributed by atoms with Crippen LogP contribution >= 0.6 is 0 Å². The van der Waals surface area contributed by atoms with Crippen molar-refractivity contribution < 1.29 is 8.42 Å². The SMILES string of the molecule is C=CCN(C)S(=O)(=O)c1ccc(CCCNCCC)cc1. The number of likely N-dealkylation sites (N-methyl/N-ethyl adjacent to an activating group) is 1.